The first-order valence-electron chi connectivity index (χ1n) is 6.40. The molecule has 5 nitrogen and oxygen atoms in total. The quantitative estimate of drug-likeness (QED) is 0.583. The normalized spacial score (nSPS) is 11.0. The number of benzene rings is 2. The largest absolute Gasteiger partial charge is 0.462 e. The zero-order valence-electron chi connectivity index (χ0n) is 11.7. The molecule has 0 aliphatic rings. The molecule has 0 saturated carbocycles. The summed E-state index contributed by atoms with van der Waals surface area (Å²) in [5.41, 5.74) is 0.257. The van der Waals surface area contributed by atoms with Crippen molar-refractivity contribution in [2.45, 2.75) is 11.8 Å². The van der Waals surface area contributed by atoms with E-state index in [-0.39, 0.29) is 27.3 Å². The molecule has 0 saturated heterocycles. The number of carbonyl (C=O) groups is 1. The van der Waals surface area contributed by atoms with Gasteiger partial charge in [0.2, 0.25) is 0 Å². The third kappa shape index (κ3) is 3.86. The van der Waals surface area contributed by atoms with Crippen LogP contribution < -0.4 is 4.18 Å². The van der Waals surface area contributed by atoms with E-state index in [1.807, 2.05) is 0 Å². The molecule has 0 radical (unpaired) electrons. The molecule has 0 N–H and O–H groups in total. The Morgan fingerprint density at radius 1 is 1.14 bits per heavy atom. The van der Waals surface area contributed by atoms with Crippen LogP contribution in [0.5, 0.6) is 5.75 Å². The third-order valence-corrected chi connectivity index (χ3v) is 4.89. The fraction of sp³-hybridized carbons (Fsp3) is 0.133. The van der Waals surface area contributed by atoms with Gasteiger partial charge in [-0.25, -0.2) is 4.79 Å². The van der Waals surface area contributed by atoms with Crippen molar-refractivity contribution in [1.29, 1.82) is 0 Å². The van der Waals surface area contributed by atoms with Crippen LogP contribution in [-0.2, 0) is 14.9 Å². The molecule has 0 fully saturated rings. The summed E-state index contributed by atoms with van der Waals surface area (Å²) in [5, 5.41) is 0. The zero-order valence-corrected chi connectivity index (χ0v) is 14.1. The van der Waals surface area contributed by atoms with Crippen LogP contribution in [0, 0.1) is 0 Å². The molecule has 0 aliphatic heterocycles. The van der Waals surface area contributed by atoms with E-state index in [0.29, 0.717) is 0 Å². The summed E-state index contributed by atoms with van der Waals surface area (Å²) in [6, 6.07) is 12.2. The monoisotopic (exact) mass is 384 g/mol. The molecule has 0 heterocycles. The summed E-state index contributed by atoms with van der Waals surface area (Å²) in [6.45, 7) is 1.94. The van der Waals surface area contributed by atoms with Crippen molar-refractivity contribution >= 4 is 32.0 Å². The van der Waals surface area contributed by atoms with Crippen LogP contribution in [0.2, 0.25) is 0 Å². The summed E-state index contributed by atoms with van der Waals surface area (Å²) in [7, 11) is -4.00. The Kier molecular flexibility index (Phi) is 5.20. The van der Waals surface area contributed by atoms with Gasteiger partial charge in [-0.15, -0.1) is 0 Å². The maximum absolute atomic E-state index is 12.3. The van der Waals surface area contributed by atoms with Crippen LogP contribution in [0.3, 0.4) is 0 Å². The lowest BCUT2D eigenvalue weighted by Gasteiger charge is -2.09. The second-order valence-corrected chi connectivity index (χ2v) is 6.59. The van der Waals surface area contributed by atoms with Gasteiger partial charge in [0.25, 0.3) is 0 Å². The topological polar surface area (TPSA) is 69.7 Å². The second kappa shape index (κ2) is 6.93. The Morgan fingerprint density at radius 3 is 2.41 bits per heavy atom. The highest BCUT2D eigenvalue weighted by Crippen LogP contribution is 2.26. The molecule has 2 aromatic carbocycles. The van der Waals surface area contributed by atoms with Crippen LogP contribution in [0.4, 0.5) is 0 Å². The van der Waals surface area contributed by atoms with Crippen molar-refractivity contribution in [3.63, 3.8) is 0 Å². The molecule has 0 amide bonds. The minimum Gasteiger partial charge on any atom is -0.462 e. The lowest BCUT2D eigenvalue weighted by Crippen LogP contribution is -2.11. The molecule has 0 spiro atoms. The molecule has 2 aromatic rings. The SMILES string of the molecule is CCOC(=O)c1ccc(S(=O)(=O)Oc2ccccc2)c(Br)c1. The lowest BCUT2D eigenvalue weighted by atomic mass is 10.2. The van der Waals surface area contributed by atoms with Crippen molar-refractivity contribution in [2.24, 2.45) is 0 Å². The van der Waals surface area contributed by atoms with E-state index in [0.717, 1.165) is 0 Å². The van der Waals surface area contributed by atoms with Gasteiger partial charge in [-0.05, 0) is 53.2 Å². The number of esters is 1. The Labute approximate surface area is 137 Å². The van der Waals surface area contributed by atoms with Crippen molar-refractivity contribution in [1.82, 2.24) is 0 Å². The highest BCUT2D eigenvalue weighted by molar-refractivity contribution is 9.10. The van der Waals surface area contributed by atoms with Crippen molar-refractivity contribution in [3.8, 4) is 5.75 Å². The van der Waals surface area contributed by atoms with Crippen molar-refractivity contribution < 1.29 is 22.1 Å². The standard InChI is InChI=1S/C15H13BrO5S/c1-2-20-15(17)11-8-9-14(13(16)10-11)22(18,19)21-12-6-4-3-5-7-12/h3-10H,2H2,1H3. The molecular weight excluding hydrogens is 372 g/mol. The van der Waals surface area contributed by atoms with Crippen LogP contribution >= 0.6 is 15.9 Å². The minimum atomic E-state index is -4.00. The van der Waals surface area contributed by atoms with E-state index in [2.05, 4.69) is 15.9 Å². The van der Waals surface area contributed by atoms with Gasteiger partial charge in [-0.2, -0.15) is 8.42 Å². The van der Waals surface area contributed by atoms with Gasteiger partial charge in [0, 0.05) is 4.47 Å². The van der Waals surface area contributed by atoms with Gasteiger partial charge in [0.05, 0.1) is 12.2 Å². The molecule has 7 heteroatoms. The average Bonchev–Trinajstić information content (AvgIpc) is 2.47. The molecule has 116 valence electrons. The number of hydrogen-bond donors (Lipinski definition) is 0. The average molecular weight is 385 g/mol. The van der Waals surface area contributed by atoms with Gasteiger partial charge in [-0.3, -0.25) is 0 Å². The smallest absolute Gasteiger partial charge is 0.340 e. The first kappa shape index (κ1) is 16.5. The van der Waals surface area contributed by atoms with Gasteiger partial charge in [0.15, 0.2) is 0 Å². The first-order chi connectivity index (χ1) is 10.4. The Morgan fingerprint density at radius 2 is 1.82 bits per heavy atom. The van der Waals surface area contributed by atoms with E-state index in [1.165, 1.54) is 18.2 Å². The molecule has 0 atom stereocenters. The first-order valence-corrected chi connectivity index (χ1v) is 8.60. The molecular formula is C15H13BrO5S. The molecule has 2 rings (SSSR count). The van der Waals surface area contributed by atoms with E-state index in [9.17, 15) is 13.2 Å². The predicted octanol–water partition coefficient (Wildman–Crippen LogP) is 3.39. The maximum atomic E-state index is 12.3. The molecule has 22 heavy (non-hydrogen) atoms. The minimum absolute atomic E-state index is 0.0654. The highest BCUT2D eigenvalue weighted by Gasteiger charge is 2.21. The van der Waals surface area contributed by atoms with Gasteiger partial charge in [0.1, 0.15) is 10.6 Å². The number of ether oxygens (including phenoxy) is 1. The van der Waals surface area contributed by atoms with Crippen LogP contribution in [0.1, 0.15) is 17.3 Å². The summed E-state index contributed by atoms with van der Waals surface area (Å²) >= 11 is 3.15. The molecule has 0 aromatic heterocycles. The number of rotatable bonds is 5. The summed E-state index contributed by atoms with van der Waals surface area (Å²) in [6.07, 6.45) is 0. The van der Waals surface area contributed by atoms with E-state index < -0.39 is 16.1 Å². The van der Waals surface area contributed by atoms with Crippen molar-refractivity contribution in [3.05, 3.63) is 58.6 Å². The number of carbonyl (C=O) groups excluding carboxylic acids is 1. The Hall–Kier alpha value is -1.86. The van der Waals surface area contributed by atoms with Gasteiger partial charge in [-0.1, -0.05) is 18.2 Å². The van der Waals surface area contributed by atoms with E-state index in [4.69, 9.17) is 8.92 Å². The summed E-state index contributed by atoms with van der Waals surface area (Å²) < 4.78 is 34.7. The Balaban J connectivity index is 2.30. The highest BCUT2D eigenvalue weighted by atomic mass is 79.9. The summed E-state index contributed by atoms with van der Waals surface area (Å²) in [5.74, 6) is -0.306. The number of para-hydroxylation sites is 1. The summed E-state index contributed by atoms with van der Waals surface area (Å²) in [4.78, 5) is 11.6. The van der Waals surface area contributed by atoms with Crippen molar-refractivity contribution in [2.75, 3.05) is 6.61 Å². The van der Waals surface area contributed by atoms with Crippen LogP contribution in [0.25, 0.3) is 0 Å². The number of halogens is 1. The number of hydrogen-bond acceptors (Lipinski definition) is 5. The van der Waals surface area contributed by atoms with Gasteiger partial charge >= 0.3 is 16.1 Å². The fourth-order valence-electron chi connectivity index (χ4n) is 1.69. The second-order valence-electron chi connectivity index (χ2n) is 4.22. The fourth-order valence-corrected chi connectivity index (χ4v) is 3.65. The predicted molar refractivity (Wildman–Crippen MR) is 84.4 cm³/mol. The Bertz CT molecular complexity index is 772. The van der Waals surface area contributed by atoms with E-state index >= 15 is 0 Å². The third-order valence-electron chi connectivity index (χ3n) is 2.66. The lowest BCUT2D eigenvalue weighted by molar-refractivity contribution is 0.0526. The molecule has 0 unspecified atom stereocenters. The van der Waals surface area contributed by atoms with Crippen LogP contribution in [-0.4, -0.2) is 21.0 Å². The molecule has 0 bridgehead atoms. The zero-order chi connectivity index (χ0) is 16.2. The van der Waals surface area contributed by atoms with Gasteiger partial charge < -0.3 is 8.92 Å². The molecule has 0 aliphatic carbocycles. The van der Waals surface area contributed by atoms with E-state index in [1.54, 1.807) is 37.3 Å². The maximum Gasteiger partial charge on any atom is 0.340 e. The van der Waals surface area contributed by atoms with Crippen LogP contribution in [0.15, 0.2) is 57.9 Å².